The number of anilines is 2. The van der Waals surface area contributed by atoms with E-state index in [-0.39, 0.29) is 30.6 Å². The SMILES string of the molecule is O=C(NNc1cccc(OCc2ccccc2Cl)c1)[C@@H]1CC(=O)N(c2ccc(F)cc2)C1. The van der Waals surface area contributed by atoms with Gasteiger partial charge in [0, 0.05) is 35.3 Å². The average molecular weight is 454 g/mol. The topological polar surface area (TPSA) is 70.7 Å². The van der Waals surface area contributed by atoms with Crippen LogP contribution in [-0.2, 0) is 16.2 Å². The summed E-state index contributed by atoms with van der Waals surface area (Å²) in [6, 6.07) is 20.2. The van der Waals surface area contributed by atoms with Gasteiger partial charge in [0.25, 0.3) is 0 Å². The molecule has 3 aromatic carbocycles. The fourth-order valence-electron chi connectivity index (χ4n) is 3.43. The number of nitrogens with one attached hydrogen (secondary N) is 2. The van der Waals surface area contributed by atoms with Gasteiger partial charge in [-0.05, 0) is 42.5 Å². The Morgan fingerprint density at radius 2 is 1.88 bits per heavy atom. The van der Waals surface area contributed by atoms with E-state index in [9.17, 15) is 14.0 Å². The summed E-state index contributed by atoms with van der Waals surface area (Å²) in [4.78, 5) is 26.4. The first-order valence-corrected chi connectivity index (χ1v) is 10.5. The first-order chi connectivity index (χ1) is 15.5. The van der Waals surface area contributed by atoms with Crippen molar-refractivity contribution in [3.63, 3.8) is 0 Å². The lowest BCUT2D eigenvalue weighted by molar-refractivity contribution is -0.125. The van der Waals surface area contributed by atoms with Crippen molar-refractivity contribution in [2.24, 2.45) is 5.92 Å². The molecule has 1 atom stereocenters. The molecule has 1 aliphatic rings. The normalized spacial score (nSPS) is 15.5. The number of hydrazine groups is 1. The van der Waals surface area contributed by atoms with Gasteiger partial charge in [-0.1, -0.05) is 35.9 Å². The van der Waals surface area contributed by atoms with Gasteiger partial charge in [-0.3, -0.25) is 20.4 Å². The Morgan fingerprint density at radius 3 is 2.66 bits per heavy atom. The average Bonchev–Trinajstić information content (AvgIpc) is 3.19. The lowest BCUT2D eigenvalue weighted by Gasteiger charge is -2.17. The molecule has 0 unspecified atom stereocenters. The fourth-order valence-corrected chi connectivity index (χ4v) is 3.62. The van der Waals surface area contributed by atoms with Crippen molar-refractivity contribution in [2.45, 2.75) is 13.0 Å². The van der Waals surface area contributed by atoms with Gasteiger partial charge >= 0.3 is 0 Å². The van der Waals surface area contributed by atoms with Crippen molar-refractivity contribution < 1.29 is 18.7 Å². The van der Waals surface area contributed by atoms with Gasteiger partial charge in [-0.2, -0.15) is 0 Å². The molecule has 0 aliphatic carbocycles. The molecule has 4 rings (SSSR count). The van der Waals surface area contributed by atoms with Crippen molar-refractivity contribution >= 4 is 34.8 Å². The number of hydrogen-bond acceptors (Lipinski definition) is 4. The van der Waals surface area contributed by atoms with E-state index in [1.54, 1.807) is 30.3 Å². The molecule has 0 aromatic heterocycles. The first kappa shape index (κ1) is 21.6. The summed E-state index contributed by atoms with van der Waals surface area (Å²) < 4.78 is 18.9. The van der Waals surface area contributed by atoms with E-state index in [1.807, 2.05) is 18.2 Å². The van der Waals surface area contributed by atoms with Crippen LogP contribution in [0.1, 0.15) is 12.0 Å². The number of amides is 2. The highest BCUT2D eigenvalue weighted by Gasteiger charge is 2.35. The van der Waals surface area contributed by atoms with Crippen molar-refractivity contribution in [1.82, 2.24) is 5.43 Å². The maximum atomic E-state index is 13.1. The predicted octanol–water partition coefficient (Wildman–Crippen LogP) is 4.55. The van der Waals surface area contributed by atoms with Gasteiger partial charge in [0.15, 0.2) is 0 Å². The van der Waals surface area contributed by atoms with Crippen LogP contribution in [0.5, 0.6) is 5.75 Å². The maximum absolute atomic E-state index is 13.1. The summed E-state index contributed by atoms with van der Waals surface area (Å²) in [6.07, 6.45) is 0.0892. The first-order valence-electron chi connectivity index (χ1n) is 10.1. The van der Waals surface area contributed by atoms with Crippen LogP contribution in [0.3, 0.4) is 0 Å². The minimum Gasteiger partial charge on any atom is -0.489 e. The van der Waals surface area contributed by atoms with E-state index in [0.29, 0.717) is 28.8 Å². The van der Waals surface area contributed by atoms with E-state index in [1.165, 1.54) is 29.2 Å². The second-order valence-corrected chi connectivity index (χ2v) is 7.81. The Hall–Kier alpha value is -3.58. The Bertz CT molecular complexity index is 1120. The molecule has 1 saturated heterocycles. The third-order valence-corrected chi connectivity index (χ3v) is 5.52. The van der Waals surface area contributed by atoms with Crippen LogP contribution in [0.4, 0.5) is 15.8 Å². The van der Waals surface area contributed by atoms with Crippen LogP contribution in [0.15, 0.2) is 72.8 Å². The molecule has 1 fully saturated rings. The number of carbonyl (C=O) groups is 2. The molecule has 164 valence electrons. The van der Waals surface area contributed by atoms with E-state index in [2.05, 4.69) is 10.9 Å². The standard InChI is InChI=1S/C24H21ClFN3O3/c25-22-7-2-1-4-16(22)15-32-21-6-3-5-19(13-21)27-28-24(31)17-12-23(30)29(14-17)20-10-8-18(26)9-11-20/h1-11,13,17,27H,12,14-15H2,(H,28,31)/t17-/m1/s1. The Balaban J connectivity index is 1.31. The fraction of sp³-hybridized carbons (Fsp3) is 0.167. The number of ether oxygens (including phenoxy) is 1. The van der Waals surface area contributed by atoms with Gasteiger partial charge in [-0.15, -0.1) is 0 Å². The molecule has 8 heteroatoms. The molecule has 32 heavy (non-hydrogen) atoms. The third-order valence-electron chi connectivity index (χ3n) is 5.15. The van der Waals surface area contributed by atoms with E-state index in [0.717, 1.165) is 5.56 Å². The highest BCUT2D eigenvalue weighted by molar-refractivity contribution is 6.31. The highest BCUT2D eigenvalue weighted by atomic mass is 35.5. The van der Waals surface area contributed by atoms with Gasteiger partial charge in [0.1, 0.15) is 18.2 Å². The molecular weight excluding hydrogens is 433 g/mol. The molecule has 0 radical (unpaired) electrons. The molecular formula is C24H21ClFN3O3. The zero-order valence-corrected chi connectivity index (χ0v) is 17.8. The molecule has 0 saturated carbocycles. The molecule has 1 aliphatic heterocycles. The lowest BCUT2D eigenvalue weighted by atomic mass is 10.1. The summed E-state index contributed by atoms with van der Waals surface area (Å²) in [5.41, 5.74) is 7.59. The van der Waals surface area contributed by atoms with E-state index >= 15 is 0 Å². The number of nitrogens with zero attached hydrogens (tertiary/aromatic N) is 1. The molecule has 6 nitrogen and oxygen atoms in total. The minimum absolute atomic E-state index is 0.0892. The zero-order chi connectivity index (χ0) is 22.5. The molecule has 3 aromatic rings. The summed E-state index contributed by atoms with van der Waals surface area (Å²) in [6.45, 7) is 0.553. The summed E-state index contributed by atoms with van der Waals surface area (Å²) in [5, 5.41) is 0.634. The van der Waals surface area contributed by atoms with Crippen molar-refractivity contribution in [3.8, 4) is 5.75 Å². The number of halogens is 2. The smallest absolute Gasteiger partial charge is 0.243 e. The summed E-state index contributed by atoms with van der Waals surface area (Å²) in [5.74, 6) is -0.753. The largest absolute Gasteiger partial charge is 0.489 e. The molecule has 2 amide bonds. The van der Waals surface area contributed by atoms with Gasteiger partial charge in [0.2, 0.25) is 11.8 Å². The van der Waals surface area contributed by atoms with Crippen LogP contribution in [0.25, 0.3) is 0 Å². The molecule has 1 heterocycles. The number of rotatable bonds is 7. The zero-order valence-electron chi connectivity index (χ0n) is 17.1. The maximum Gasteiger partial charge on any atom is 0.243 e. The number of carbonyl (C=O) groups excluding carboxylic acids is 2. The van der Waals surface area contributed by atoms with Gasteiger partial charge in [0.05, 0.1) is 11.6 Å². The number of benzene rings is 3. The quantitative estimate of drug-likeness (QED) is 0.515. The molecule has 0 bridgehead atoms. The summed E-state index contributed by atoms with van der Waals surface area (Å²) in [7, 11) is 0. The second-order valence-electron chi connectivity index (χ2n) is 7.40. The lowest BCUT2D eigenvalue weighted by Crippen LogP contribution is -2.36. The van der Waals surface area contributed by atoms with Crippen LogP contribution in [0.2, 0.25) is 5.02 Å². The number of hydrogen-bond donors (Lipinski definition) is 2. The van der Waals surface area contributed by atoms with Crippen LogP contribution in [-0.4, -0.2) is 18.4 Å². The predicted molar refractivity (Wildman–Crippen MR) is 121 cm³/mol. The van der Waals surface area contributed by atoms with Crippen LogP contribution in [0, 0.1) is 11.7 Å². The summed E-state index contributed by atoms with van der Waals surface area (Å²) >= 11 is 6.15. The Labute approximate surface area is 189 Å². The minimum atomic E-state index is -0.514. The van der Waals surface area contributed by atoms with Gasteiger partial charge < -0.3 is 9.64 Å². The Kier molecular flexibility index (Phi) is 6.56. The Morgan fingerprint density at radius 1 is 1.09 bits per heavy atom. The van der Waals surface area contributed by atoms with E-state index in [4.69, 9.17) is 16.3 Å². The monoisotopic (exact) mass is 453 g/mol. The second kappa shape index (κ2) is 9.70. The van der Waals surface area contributed by atoms with Crippen LogP contribution < -0.4 is 20.5 Å². The highest BCUT2D eigenvalue weighted by Crippen LogP contribution is 2.26. The third kappa shape index (κ3) is 5.18. The van der Waals surface area contributed by atoms with Crippen LogP contribution >= 0.6 is 11.6 Å². The molecule has 0 spiro atoms. The molecule has 2 N–H and O–H groups in total. The van der Waals surface area contributed by atoms with Crippen molar-refractivity contribution in [2.75, 3.05) is 16.9 Å². The van der Waals surface area contributed by atoms with Crippen molar-refractivity contribution in [1.29, 1.82) is 0 Å². The van der Waals surface area contributed by atoms with Crippen molar-refractivity contribution in [3.05, 3.63) is 89.2 Å². The van der Waals surface area contributed by atoms with E-state index < -0.39 is 5.92 Å². The van der Waals surface area contributed by atoms with Gasteiger partial charge in [-0.25, -0.2) is 4.39 Å².